The zero-order chi connectivity index (χ0) is 23.4. The SMILES string of the molecule is COc1cc2c(cc1-c1c(C)noc1C)[nH]c1nc(C)nc(Nc3ccnn3C3CCCC3)c12. The minimum Gasteiger partial charge on any atom is -0.496 e. The first-order valence-corrected chi connectivity index (χ1v) is 11.7. The molecule has 1 fully saturated rings. The normalized spacial score (nSPS) is 14.5. The molecule has 0 saturated heterocycles. The van der Waals surface area contributed by atoms with Gasteiger partial charge in [0, 0.05) is 22.5 Å². The Kier molecular flexibility index (Phi) is 4.79. The van der Waals surface area contributed by atoms with E-state index in [0.29, 0.717) is 11.9 Å². The molecule has 0 atom stereocenters. The Morgan fingerprint density at radius 1 is 1.15 bits per heavy atom. The number of H-pyrrole nitrogens is 1. The molecule has 4 heterocycles. The maximum atomic E-state index is 5.80. The van der Waals surface area contributed by atoms with Crippen LogP contribution in [0.4, 0.5) is 11.6 Å². The van der Waals surface area contributed by atoms with Crippen molar-refractivity contribution in [1.29, 1.82) is 0 Å². The number of aromatic nitrogens is 6. The third-order valence-corrected chi connectivity index (χ3v) is 6.77. The maximum absolute atomic E-state index is 5.80. The molecular formula is C25H27N7O2. The van der Waals surface area contributed by atoms with E-state index in [9.17, 15) is 0 Å². The summed E-state index contributed by atoms with van der Waals surface area (Å²) in [6.07, 6.45) is 6.65. The Hall–Kier alpha value is -3.88. The van der Waals surface area contributed by atoms with E-state index < -0.39 is 0 Å². The van der Waals surface area contributed by atoms with Gasteiger partial charge in [-0.05, 0) is 45.7 Å². The van der Waals surface area contributed by atoms with Crippen LogP contribution in [0.25, 0.3) is 33.1 Å². The molecule has 1 aliphatic rings. The van der Waals surface area contributed by atoms with E-state index in [1.165, 1.54) is 12.8 Å². The molecule has 0 amide bonds. The molecule has 1 saturated carbocycles. The number of nitrogens with zero attached hydrogens (tertiary/aromatic N) is 5. The lowest BCUT2D eigenvalue weighted by molar-refractivity contribution is 0.393. The Bertz CT molecular complexity index is 1500. The van der Waals surface area contributed by atoms with Crippen LogP contribution in [0.15, 0.2) is 28.9 Å². The van der Waals surface area contributed by atoms with Gasteiger partial charge in [0.1, 0.15) is 34.6 Å². The van der Waals surface area contributed by atoms with Crippen molar-refractivity contribution in [2.45, 2.75) is 52.5 Å². The van der Waals surface area contributed by atoms with Crippen molar-refractivity contribution in [1.82, 2.24) is 29.9 Å². The van der Waals surface area contributed by atoms with Crippen LogP contribution >= 0.6 is 0 Å². The van der Waals surface area contributed by atoms with Gasteiger partial charge in [-0.3, -0.25) is 0 Å². The van der Waals surface area contributed by atoms with E-state index in [0.717, 1.165) is 74.7 Å². The number of aromatic amines is 1. The number of benzene rings is 1. The minimum atomic E-state index is 0.427. The predicted molar refractivity (Wildman–Crippen MR) is 131 cm³/mol. The number of aryl methyl sites for hydroxylation is 3. The average Bonchev–Trinajstić information content (AvgIpc) is 3.59. The lowest BCUT2D eigenvalue weighted by atomic mass is 10.0. The average molecular weight is 458 g/mol. The van der Waals surface area contributed by atoms with Gasteiger partial charge in [0.25, 0.3) is 0 Å². The number of anilines is 2. The van der Waals surface area contributed by atoms with Gasteiger partial charge < -0.3 is 19.6 Å². The summed E-state index contributed by atoms with van der Waals surface area (Å²) in [5, 5.41) is 14.2. The second kappa shape index (κ2) is 7.86. The van der Waals surface area contributed by atoms with Crippen LogP contribution in [0.2, 0.25) is 0 Å². The zero-order valence-corrected chi connectivity index (χ0v) is 19.8. The maximum Gasteiger partial charge on any atom is 0.145 e. The van der Waals surface area contributed by atoms with Gasteiger partial charge in [0.15, 0.2) is 0 Å². The highest BCUT2D eigenvalue weighted by atomic mass is 16.5. The molecule has 9 nitrogen and oxygen atoms in total. The fraction of sp³-hybridized carbons (Fsp3) is 0.360. The van der Waals surface area contributed by atoms with Crippen LogP contribution in [-0.2, 0) is 0 Å². The lowest BCUT2D eigenvalue weighted by Gasteiger charge is -2.15. The van der Waals surface area contributed by atoms with Crippen LogP contribution in [0.3, 0.4) is 0 Å². The second-order valence-electron chi connectivity index (χ2n) is 8.99. The van der Waals surface area contributed by atoms with Crippen LogP contribution < -0.4 is 10.1 Å². The first kappa shape index (κ1) is 20.7. The summed E-state index contributed by atoms with van der Waals surface area (Å²) < 4.78 is 13.3. The molecule has 2 N–H and O–H groups in total. The van der Waals surface area contributed by atoms with Crippen LogP contribution in [0.1, 0.15) is 49.0 Å². The third kappa shape index (κ3) is 3.22. The molecule has 1 aromatic carbocycles. The van der Waals surface area contributed by atoms with E-state index >= 15 is 0 Å². The van der Waals surface area contributed by atoms with Crippen molar-refractivity contribution in [3.8, 4) is 16.9 Å². The fourth-order valence-corrected chi connectivity index (χ4v) is 5.23. The van der Waals surface area contributed by atoms with E-state index in [-0.39, 0.29) is 0 Å². The molecule has 0 bridgehead atoms. The van der Waals surface area contributed by atoms with E-state index in [4.69, 9.17) is 14.2 Å². The summed E-state index contributed by atoms with van der Waals surface area (Å²) in [4.78, 5) is 12.9. The van der Waals surface area contributed by atoms with Gasteiger partial charge in [0.2, 0.25) is 0 Å². The summed E-state index contributed by atoms with van der Waals surface area (Å²) in [6.45, 7) is 5.75. The number of hydrogen-bond donors (Lipinski definition) is 2. The first-order chi connectivity index (χ1) is 16.5. The monoisotopic (exact) mass is 457 g/mol. The smallest absolute Gasteiger partial charge is 0.145 e. The first-order valence-electron chi connectivity index (χ1n) is 11.7. The molecule has 0 aliphatic heterocycles. The van der Waals surface area contributed by atoms with Crippen molar-refractivity contribution < 1.29 is 9.26 Å². The zero-order valence-electron chi connectivity index (χ0n) is 19.8. The van der Waals surface area contributed by atoms with Crippen molar-refractivity contribution >= 4 is 33.6 Å². The molecule has 4 aromatic heterocycles. The molecule has 34 heavy (non-hydrogen) atoms. The standard InChI is InChI=1S/C25H27N7O2/c1-13-22(14(2)34-31-13)18-11-19-17(12-20(18)33-4)23-24(29-19)27-15(3)28-25(23)30-21-9-10-26-32(21)16-7-5-6-8-16/h9-12,16H,5-8H2,1-4H3,(H2,27,28,29,30). The van der Waals surface area contributed by atoms with Gasteiger partial charge >= 0.3 is 0 Å². The molecular weight excluding hydrogens is 430 g/mol. The van der Waals surface area contributed by atoms with Crippen molar-refractivity contribution in [3.05, 3.63) is 41.7 Å². The van der Waals surface area contributed by atoms with E-state index in [2.05, 4.69) is 36.3 Å². The van der Waals surface area contributed by atoms with Gasteiger partial charge in [0.05, 0.1) is 36.0 Å². The Labute approximate surface area is 196 Å². The molecule has 0 unspecified atom stereocenters. The molecule has 6 rings (SSSR count). The Balaban J connectivity index is 1.53. The van der Waals surface area contributed by atoms with E-state index in [1.807, 2.05) is 39.1 Å². The Morgan fingerprint density at radius 2 is 1.97 bits per heavy atom. The molecule has 1 aliphatic carbocycles. The molecule has 5 aromatic rings. The highest BCUT2D eigenvalue weighted by Crippen LogP contribution is 2.41. The third-order valence-electron chi connectivity index (χ3n) is 6.77. The molecule has 9 heteroatoms. The number of fused-ring (bicyclic) bond motifs is 3. The predicted octanol–water partition coefficient (Wildman–Crippen LogP) is 5.76. The summed E-state index contributed by atoms with van der Waals surface area (Å²) in [5.41, 5.74) is 4.41. The van der Waals surface area contributed by atoms with Gasteiger partial charge in [-0.2, -0.15) is 5.10 Å². The van der Waals surface area contributed by atoms with Gasteiger partial charge in [-0.1, -0.05) is 18.0 Å². The number of ether oxygens (including phenoxy) is 1. The lowest BCUT2D eigenvalue weighted by Crippen LogP contribution is -2.10. The van der Waals surface area contributed by atoms with Crippen molar-refractivity contribution in [2.24, 2.45) is 0 Å². The molecule has 0 radical (unpaired) electrons. The fourth-order valence-electron chi connectivity index (χ4n) is 5.23. The quantitative estimate of drug-likeness (QED) is 0.346. The molecule has 0 spiro atoms. The number of hydrogen-bond acceptors (Lipinski definition) is 7. The van der Waals surface area contributed by atoms with Crippen LogP contribution in [0, 0.1) is 20.8 Å². The summed E-state index contributed by atoms with van der Waals surface area (Å²) >= 11 is 0. The number of methoxy groups -OCH3 is 1. The van der Waals surface area contributed by atoms with Crippen LogP contribution in [-0.4, -0.2) is 37.0 Å². The van der Waals surface area contributed by atoms with Crippen molar-refractivity contribution in [3.63, 3.8) is 0 Å². The summed E-state index contributed by atoms with van der Waals surface area (Å²) in [5.74, 6) is 3.88. The van der Waals surface area contributed by atoms with Crippen molar-refractivity contribution in [2.75, 3.05) is 12.4 Å². The second-order valence-corrected chi connectivity index (χ2v) is 8.99. The van der Waals surface area contributed by atoms with Crippen LogP contribution in [0.5, 0.6) is 5.75 Å². The molecule has 174 valence electrons. The number of nitrogens with one attached hydrogen (secondary N) is 2. The van der Waals surface area contributed by atoms with E-state index in [1.54, 1.807) is 7.11 Å². The largest absolute Gasteiger partial charge is 0.496 e. The Morgan fingerprint density at radius 3 is 2.71 bits per heavy atom. The van der Waals surface area contributed by atoms with Gasteiger partial charge in [-0.15, -0.1) is 0 Å². The summed E-state index contributed by atoms with van der Waals surface area (Å²) in [7, 11) is 1.68. The highest BCUT2D eigenvalue weighted by Gasteiger charge is 2.23. The number of rotatable bonds is 5. The highest BCUT2D eigenvalue weighted by molar-refractivity contribution is 6.13. The summed E-state index contributed by atoms with van der Waals surface area (Å²) in [6, 6.07) is 6.54. The minimum absolute atomic E-state index is 0.427. The topological polar surface area (TPSA) is 107 Å². The van der Waals surface area contributed by atoms with Gasteiger partial charge in [-0.25, -0.2) is 14.6 Å².